The molecular formula is C12H14FN3O. The molecule has 0 fully saturated rings. The Morgan fingerprint density at radius 2 is 2.29 bits per heavy atom. The quantitative estimate of drug-likeness (QED) is 0.860. The van der Waals surface area contributed by atoms with Crippen molar-refractivity contribution in [3.63, 3.8) is 0 Å². The second-order valence-electron chi connectivity index (χ2n) is 3.69. The van der Waals surface area contributed by atoms with Gasteiger partial charge in [-0.2, -0.15) is 4.98 Å². The summed E-state index contributed by atoms with van der Waals surface area (Å²) < 4.78 is 18.0. The largest absolute Gasteiger partial charge is 0.339 e. The second kappa shape index (κ2) is 5.54. The third-order valence-electron chi connectivity index (χ3n) is 2.29. The molecule has 0 saturated heterocycles. The summed E-state index contributed by atoms with van der Waals surface area (Å²) in [7, 11) is 0. The zero-order valence-corrected chi connectivity index (χ0v) is 9.61. The van der Waals surface area contributed by atoms with Gasteiger partial charge in [0, 0.05) is 0 Å². The van der Waals surface area contributed by atoms with Crippen molar-refractivity contribution in [2.75, 3.05) is 6.54 Å². The molecule has 0 radical (unpaired) electrons. The number of hydrogen-bond acceptors (Lipinski definition) is 4. The fraction of sp³-hybridized carbons (Fsp3) is 0.333. The highest BCUT2D eigenvalue weighted by molar-refractivity contribution is 5.19. The molecular weight excluding hydrogens is 221 g/mol. The van der Waals surface area contributed by atoms with Gasteiger partial charge in [-0.25, -0.2) is 4.39 Å². The third-order valence-corrected chi connectivity index (χ3v) is 2.29. The molecule has 0 aliphatic rings. The van der Waals surface area contributed by atoms with Crippen molar-refractivity contribution in [1.82, 2.24) is 15.5 Å². The van der Waals surface area contributed by atoms with Crippen molar-refractivity contribution in [1.29, 1.82) is 0 Å². The van der Waals surface area contributed by atoms with Gasteiger partial charge in [-0.3, -0.25) is 0 Å². The Morgan fingerprint density at radius 3 is 3.06 bits per heavy atom. The highest BCUT2D eigenvalue weighted by atomic mass is 19.1. The van der Waals surface area contributed by atoms with Gasteiger partial charge in [0.15, 0.2) is 5.82 Å². The number of aromatic nitrogens is 2. The molecule has 5 heteroatoms. The highest BCUT2D eigenvalue weighted by Crippen LogP contribution is 2.09. The lowest BCUT2D eigenvalue weighted by Gasteiger charge is -1.96. The molecule has 90 valence electrons. The second-order valence-corrected chi connectivity index (χ2v) is 3.69. The Kier molecular flexibility index (Phi) is 3.82. The third kappa shape index (κ3) is 3.35. The van der Waals surface area contributed by atoms with E-state index in [1.807, 2.05) is 13.0 Å². The standard InChI is InChI=1S/C12H14FN3O/c1-2-14-8-11-15-12(17-16-11)7-9-4-3-5-10(13)6-9/h3-6,14H,2,7-8H2,1H3. The van der Waals surface area contributed by atoms with Crippen molar-refractivity contribution in [3.05, 3.63) is 47.4 Å². The van der Waals surface area contributed by atoms with Crippen LogP contribution in [0.1, 0.15) is 24.2 Å². The van der Waals surface area contributed by atoms with E-state index in [0.717, 1.165) is 12.1 Å². The number of benzene rings is 1. The van der Waals surface area contributed by atoms with E-state index < -0.39 is 0 Å². The smallest absolute Gasteiger partial charge is 0.231 e. The van der Waals surface area contributed by atoms with E-state index in [0.29, 0.717) is 24.7 Å². The van der Waals surface area contributed by atoms with Crippen LogP contribution >= 0.6 is 0 Å². The van der Waals surface area contributed by atoms with Crippen LogP contribution in [0, 0.1) is 5.82 Å². The van der Waals surface area contributed by atoms with Crippen LogP contribution in [0.3, 0.4) is 0 Å². The molecule has 2 aromatic rings. The van der Waals surface area contributed by atoms with Crippen molar-refractivity contribution in [2.24, 2.45) is 0 Å². The summed E-state index contributed by atoms with van der Waals surface area (Å²) in [5.74, 6) is 0.872. The molecule has 0 spiro atoms. The van der Waals surface area contributed by atoms with Gasteiger partial charge in [0.1, 0.15) is 5.82 Å². The Labute approximate surface area is 98.8 Å². The maximum atomic E-state index is 13.0. The molecule has 1 N–H and O–H groups in total. The summed E-state index contributed by atoms with van der Waals surface area (Å²) in [6.07, 6.45) is 0.455. The van der Waals surface area contributed by atoms with Crippen LogP contribution in [-0.4, -0.2) is 16.7 Å². The van der Waals surface area contributed by atoms with Gasteiger partial charge in [-0.1, -0.05) is 24.2 Å². The van der Waals surface area contributed by atoms with E-state index >= 15 is 0 Å². The van der Waals surface area contributed by atoms with E-state index in [9.17, 15) is 4.39 Å². The van der Waals surface area contributed by atoms with Crippen LogP contribution in [0.2, 0.25) is 0 Å². The minimum absolute atomic E-state index is 0.255. The summed E-state index contributed by atoms with van der Waals surface area (Å²) in [6, 6.07) is 6.37. The molecule has 2 rings (SSSR count). The molecule has 0 aliphatic heterocycles. The molecule has 4 nitrogen and oxygen atoms in total. The van der Waals surface area contributed by atoms with Crippen LogP contribution in [-0.2, 0) is 13.0 Å². The van der Waals surface area contributed by atoms with Crippen molar-refractivity contribution in [3.8, 4) is 0 Å². The topological polar surface area (TPSA) is 51.0 Å². The summed E-state index contributed by atoms with van der Waals surface area (Å²) >= 11 is 0. The average Bonchev–Trinajstić information content (AvgIpc) is 2.74. The zero-order valence-electron chi connectivity index (χ0n) is 9.61. The highest BCUT2D eigenvalue weighted by Gasteiger charge is 2.07. The molecule has 17 heavy (non-hydrogen) atoms. The minimum atomic E-state index is -0.255. The van der Waals surface area contributed by atoms with Crippen molar-refractivity contribution in [2.45, 2.75) is 19.9 Å². The summed E-state index contributed by atoms with van der Waals surface area (Å²) in [6.45, 7) is 3.45. The van der Waals surface area contributed by atoms with E-state index in [2.05, 4.69) is 15.5 Å². The summed E-state index contributed by atoms with van der Waals surface area (Å²) in [4.78, 5) is 4.21. The number of rotatable bonds is 5. The Hall–Kier alpha value is -1.75. The molecule has 0 aliphatic carbocycles. The number of hydrogen-bond donors (Lipinski definition) is 1. The zero-order chi connectivity index (χ0) is 12.1. The Balaban J connectivity index is 2.01. The number of nitrogens with zero attached hydrogens (tertiary/aromatic N) is 2. The fourth-order valence-electron chi connectivity index (χ4n) is 1.49. The molecule has 1 heterocycles. The lowest BCUT2D eigenvalue weighted by atomic mass is 10.1. The van der Waals surface area contributed by atoms with Crippen molar-refractivity contribution >= 4 is 0 Å². The Bertz CT molecular complexity index is 484. The SMILES string of the molecule is CCNCc1noc(Cc2cccc(F)c2)n1. The van der Waals surface area contributed by atoms with Crippen LogP contribution < -0.4 is 5.32 Å². The van der Waals surface area contributed by atoms with Crippen LogP contribution in [0.5, 0.6) is 0 Å². The van der Waals surface area contributed by atoms with Crippen LogP contribution in [0.4, 0.5) is 4.39 Å². The number of nitrogens with one attached hydrogen (secondary N) is 1. The molecule has 1 aromatic heterocycles. The first-order valence-electron chi connectivity index (χ1n) is 5.54. The summed E-state index contributed by atoms with van der Waals surface area (Å²) in [5.41, 5.74) is 0.823. The maximum absolute atomic E-state index is 13.0. The fourth-order valence-corrected chi connectivity index (χ4v) is 1.49. The van der Waals surface area contributed by atoms with E-state index in [4.69, 9.17) is 4.52 Å². The first-order valence-corrected chi connectivity index (χ1v) is 5.54. The first-order chi connectivity index (χ1) is 8.28. The van der Waals surface area contributed by atoms with E-state index in [1.165, 1.54) is 12.1 Å². The van der Waals surface area contributed by atoms with Gasteiger partial charge < -0.3 is 9.84 Å². The molecule has 0 unspecified atom stereocenters. The van der Waals surface area contributed by atoms with Gasteiger partial charge in [0.25, 0.3) is 0 Å². The number of halogens is 1. The van der Waals surface area contributed by atoms with Gasteiger partial charge in [0.05, 0.1) is 13.0 Å². The lowest BCUT2D eigenvalue weighted by molar-refractivity contribution is 0.378. The normalized spacial score (nSPS) is 10.7. The lowest BCUT2D eigenvalue weighted by Crippen LogP contribution is -2.12. The van der Waals surface area contributed by atoms with Crippen LogP contribution in [0.25, 0.3) is 0 Å². The molecule has 0 atom stereocenters. The predicted octanol–water partition coefficient (Wildman–Crippen LogP) is 1.91. The van der Waals surface area contributed by atoms with Gasteiger partial charge in [-0.15, -0.1) is 0 Å². The molecule has 0 bridgehead atoms. The van der Waals surface area contributed by atoms with Gasteiger partial charge in [-0.05, 0) is 24.2 Å². The average molecular weight is 235 g/mol. The van der Waals surface area contributed by atoms with Crippen molar-refractivity contribution < 1.29 is 8.91 Å². The monoisotopic (exact) mass is 235 g/mol. The van der Waals surface area contributed by atoms with E-state index in [1.54, 1.807) is 6.07 Å². The van der Waals surface area contributed by atoms with E-state index in [-0.39, 0.29) is 5.82 Å². The summed E-state index contributed by atoms with van der Waals surface area (Å²) in [5, 5.41) is 6.94. The maximum Gasteiger partial charge on any atom is 0.231 e. The van der Waals surface area contributed by atoms with Crippen LogP contribution in [0.15, 0.2) is 28.8 Å². The van der Waals surface area contributed by atoms with Gasteiger partial charge >= 0.3 is 0 Å². The minimum Gasteiger partial charge on any atom is -0.339 e. The molecule has 1 aromatic carbocycles. The Morgan fingerprint density at radius 1 is 1.41 bits per heavy atom. The molecule has 0 saturated carbocycles. The first kappa shape index (κ1) is 11.7. The molecule has 0 amide bonds. The predicted molar refractivity (Wildman–Crippen MR) is 60.9 cm³/mol. The van der Waals surface area contributed by atoms with Gasteiger partial charge in [0.2, 0.25) is 5.89 Å².